The summed E-state index contributed by atoms with van der Waals surface area (Å²) < 4.78 is 5.57. The molecule has 6 heteroatoms. The van der Waals surface area contributed by atoms with E-state index in [0.717, 1.165) is 42.9 Å². The highest BCUT2D eigenvalue weighted by Gasteiger charge is 2.36. The fourth-order valence-corrected chi connectivity index (χ4v) is 4.21. The second-order valence-electron chi connectivity index (χ2n) is 6.57. The molecule has 1 aliphatic carbocycles. The number of aliphatic hydroxyl groups excluding tert-OH is 1. The SMILES string of the molecule is Cc1ncsc1C(=O)N[C@H](c1ccc2c(c1)CCO2)C1CC(O)C1. The lowest BCUT2D eigenvalue weighted by atomic mass is 9.75. The van der Waals surface area contributed by atoms with Crippen LogP contribution in [0.5, 0.6) is 5.75 Å². The van der Waals surface area contributed by atoms with E-state index in [1.165, 1.54) is 16.9 Å². The number of fused-ring (bicyclic) bond motifs is 1. The Kier molecular flexibility index (Phi) is 4.02. The topological polar surface area (TPSA) is 71.5 Å². The molecule has 2 N–H and O–H groups in total. The molecule has 1 saturated carbocycles. The molecule has 0 saturated heterocycles. The Morgan fingerprint density at radius 2 is 2.29 bits per heavy atom. The zero-order valence-electron chi connectivity index (χ0n) is 13.5. The van der Waals surface area contributed by atoms with Crippen LogP contribution >= 0.6 is 11.3 Å². The number of aliphatic hydroxyl groups is 1. The van der Waals surface area contributed by atoms with Crippen molar-refractivity contribution in [1.29, 1.82) is 0 Å². The molecule has 5 nitrogen and oxygen atoms in total. The zero-order chi connectivity index (χ0) is 16.7. The van der Waals surface area contributed by atoms with E-state index in [9.17, 15) is 9.90 Å². The van der Waals surface area contributed by atoms with Crippen molar-refractivity contribution in [3.8, 4) is 5.75 Å². The number of ether oxygens (including phenoxy) is 1. The molecule has 0 spiro atoms. The number of thiazole rings is 1. The third kappa shape index (κ3) is 2.80. The van der Waals surface area contributed by atoms with Gasteiger partial charge in [0, 0.05) is 6.42 Å². The van der Waals surface area contributed by atoms with Crippen LogP contribution in [0.15, 0.2) is 23.7 Å². The highest BCUT2D eigenvalue weighted by Crippen LogP contribution is 2.40. The van der Waals surface area contributed by atoms with Gasteiger partial charge in [0.15, 0.2) is 0 Å². The first-order valence-corrected chi connectivity index (χ1v) is 9.14. The number of rotatable bonds is 4. The first-order valence-electron chi connectivity index (χ1n) is 8.26. The fraction of sp³-hybridized carbons (Fsp3) is 0.444. The van der Waals surface area contributed by atoms with Crippen molar-refractivity contribution in [3.05, 3.63) is 45.4 Å². The second kappa shape index (κ2) is 6.18. The molecule has 1 aromatic carbocycles. The van der Waals surface area contributed by atoms with E-state index in [1.807, 2.05) is 19.1 Å². The number of hydrogen-bond acceptors (Lipinski definition) is 5. The largest absolute Gasteiger partial charge is 0.493 e. The molecule has 1 aliphatic heterocycles. The summed E-state index contributed by atoms with van der Waals surface area (Å²) in [6.45, 7) is 2.57. The molecule has 1 fully saturated rings. The number of nitrogens with zero attached hydrogens (tertiary/aromatic N) is 1. The van der Waals surface area contributed by atoms with E-state index in [4.69, 9.17) is 4.74 Å². The van der Waals surface area contributed by atoms with Gasteiger partial charge in [0.05, 0.1) is 30.0 Å². The standard InChI is InChI=1S/C18H20N2O3S/c1-10-17(24-9-19-10)18(22)20-16(13-7-14(21)8-13)12-2-3-15-11(6-12)4-5-23-15/h2-3,6,9,13-14,16,21H,4-5,7-8H2,1H3,(H,20,22)/t13?,14?,16-/m1/s1. The Bertz CT molecular complexity index is 767. The normalized spacial score (nSPS) is 23.1. The second-order valence-corrected chi connectivity index (χ2v) is 7.42. The van der Waals surface area contributed by atoms with Crippen molar-refractivity contribution in [2.45, 2.75) is 38.3 Å². The van der Waals surface area contributed by atoms with Gasteiger partial charge in [0.1, 0.15) is 10.6 Å². The number of nitrogens with one attached hydrogen (secondary N) is 1. The van der Waals surface area contributed by atoms with Crippen molar-refractivity contribution in [1.82, 2.24) is 10.3 Å². The van der Waals surface area contributed by atoms with Crippen molar-refractivity contribution < 1.29 is 14.6 Å². The lowest BCUT2D eigenvalue weighted by Gasteiger charge is -2.38. The van der Waals surface area contributed by atoms with Crippen LogP contribution in [0.25, 0.3) is 0 Å². The van der Waals surface area contributed by atoms with Gasteiger partial charge >= 0.3 is 0 Å². The number of aromatic nitrogens is 1. The van der Waals surface area contributed by atoms with E-state index in [2.05, 4.69) is 16.4 Å². The van der Waals surface area contributed by atoms with E-state index in [1.54, 1.807) is 5.51 Å². The maximum absolute atomic E-state index is 12.6. The van der Waals surface area contributed by atoms with E-state index in [0.29, 0.717) is 4.88 Å². The van der Waals surface area contributed by atoms with Gasteiger partial charge in [0.25, 0.3) is 5.91 Å². The molecule has 2 aromatic rings. The Labute approximate surface area is 144 Å². The van der Waals surface area contributed by atoms with Gasteiger partial charge < -0.3 is 15.2 Å². The molecule has 2 heterocycles. The first-order chi connectivity index (χ1) is 11.6. The maximum atomic E-state index is 12.6. The number of benzene rings is 1. The van der Waals surface area contributed by atoms with Crippen LogP contribution in [0.1, 0.15) is 45.4 Å². The molecule has 1 atom stereocenters. The van der Waals surface area contributed by atoms with Gasteiger partial charge in [-0.1, -0.05) is 6.07 Å². The minimum absolute atomic E-state index is 0.0851. The van der Waals surface area contributed by atoms with Gasteiger partial charge in [-0.15, -0.1) is 11.3 Å². The van der Waals surface area contributed by atoms with Crippen LogP contribution < -0.4 is 10.1 Å². The Morgan fingerprint density at radius 3 is 3.00 bits per heavy atom. The summed E-state index contributed by atoms with van der Waals surface area (Å²) in [6.07, 6.45) is 2.10. The van der Waals surface area contributed by atoms with Crippen molar-refractivity contribution >= 4 is 17.2 Å². The zero-order valence-corrected chi connectivity index (χ0v) is 14.3. The molecule has 4 rings (SSSR count). The molecule has 2 aliphatic rings. The summed E-state index contributed by atoms with van der Waals surface area (Å²) in [7, 11) is 0. The average molecular weight is 344 g/mol. The Hall–Kier alpha value is -1.92. The number of carbonyl (C=O) groups excluding carboxylic acids is 1. The van der Waals surface area contributed by atoms with Crippen LogP contribution in [0.2, 0.25) is 0 Å². The predicted octanol–water partition coefficient (Wildman–Crippen LogP) is 2.63. The van der Waals surface area contributed by atoms with Crippen LogP contribution in [0, 0.1) is 12.8 Å². The van der Waals surface area contributed by atoms with Gasteiger partial charge in [-0.05, 0) is 48.9 Å². The number of hydrogen-bond donors (Lipinski definition) is 2. The summed E-state index contributed by atoms with van der Waals surface area (Å²) in [5, 5.41) is 12.9. The monoisotopic (exact) mass is 344 g/mol. The molecule has 24 heavy (non-hydrogen) atoms. The lowest BCUT2D eigenvalue weighted by Crippen LogP contribution is -2.41. The minimum Gasteiger partial charge on any atom is -0.493 e. The molecular formula is C18H20N2O3S. The first kappa shape index (κ1) is 15.6. The smallest absolute Gasteiger partial charge is 0.263 e. The molecular weight excluding hydrogens is 324 g/mol. The number of aryl methyl sites for hydroxylation is 1. The quantitative estimate of drug-likeness (QED) is 0.894. The highest BCUT2D eigenvalue weighted by atomic mass is 32.1. The maximum Gasteiger partial charge on any atom is 0.263 e. The number of amides is 1. The molecule has 1 aromatic heterocycles. The summed E-state index contributed by atoms with van der Waals surface area (Å²) in [5.74, 6) is 1.12. The molecule has 0 radical (unpaired) electrons. The summed E-state index contributed by atoms with van der Waals surface area (Å²) in [5.41, 5.74) is 4.73. The molecule has 1 amide bonds. The van der Waals surface area contributed by atoms with Crippen molar-refractivity contribution in [2.75, 3.05) is 6.61 Å². The van der Waals surface area contributed by atoms with Crippen molar-refractivity contribution in [2.24, 2.45) is 5.92 Å². The lowest BCUT2D eigenvalue weighted by molar-refractivity contribution is 0.0235. The third-order valence-corrected chi connectivity index (χ3v) is 5.86. The highest BCUT2D eigenvalue weighted by molar-refractivity contribution is 7.11. The minimum atomic E-state index is -0.252. The van der Waals surface area contributed by atoms with E-state index in [-0.39, 0.29) is 24.0 Å². The van der Waals surface area contributed by atoms with Gasteiger partial charge in [-0.2, -0.15) is 0 Å². The van der Waals surface area contributed by atoms with Crippen LogP contribution in [0.3, 0.4) is 0 Å². The summed E-state index contributed by atoms with van der Waals surface area (Å²) in [6, 6.07) is 6.06. The van der Waals surface area contributed by atoms with E-state index < -0.39 is 0 Å². The number of carbonyl (C=O) groups is 1. The van der Waals surface area contributed by atoms with Gasteiger partial charge in [0.2, 0.25) is 0 Å². The average Bonchev–Trinajstić information content (AvgIpc) is 3.17. The Balaban J connectivity index is 1.60. The molecule has 0 bridgehead atoms. The van der Waals surface area contributed by atoms with Gasteiger partial charge in [-0.3, -0.25) is 4.79 Å². The van der Waals surface area contributed by atoms with E-state index >= 15 is 0 Å². The summed E-state index contributed by atoms with van der Waals surface area (Å²) >= 11 is 1.36. The molecule has 126 valence electrons. The fourth-order valence-electron chi connectivity index (χ4n) is 3.50. The summed E-state index contributed by atoms with van der Waals surface area (Å²) in [4.78, 5) is 17.5. The van der Waals surface area contributed by atoms with Crippen LogP contribution in [-0.2, 0) is 6.42 Å². The Morgan fingerprint density at radius 1 is 1.46 bits per heavy atom. The molecule has 0 unspecified atom stereocenters. The van der Waals surface area contributed by atoms with Crippen LogP contribution in [0.4, 0.5) is 0 Å². The van der Waals surface area contributed by atoms with Crippen LogP contribution in [-0.4, -0.2) is 28.7 Å². The third-order valence-electron chi connectivity index (χ3n) is 4.93. The predicted molar refractivity (Wildman–Crippen MR) is 91.4 cm³/mol. The van der Waals surface area contributed by atoms with Crippen molar-refractivity contribution in [3.63, 3.8) is 0 Å². The van der Waals surface area contributed by atoms with Gasteiger partial charge in [-0.25, -0.2) is 4.98 Å².